The van der Waals surface area contributed by atoms with E-state index in [1.165, 1.54) is 30.5 Å². The first-order valence-corrected chi connectivity index (χ1v) is 7.30. The Kier molecular flexibility index (Phi) is 3.73. The molecule has 0 radical (unpaired) electrons. The topological polar surface area (TPSA) is 73.0 Å². The molecule has 0 aliphatic carbocycles. The van der Waals surface area contributed by atoms with Gasteiger partial charge in [-0.25, -0.2) is 17.8 Å². The van der Waals surface area contributed by atoms with Crippen molar-refractivity contribution in [3.05, 3.63) is 52.9 Å². The van der Waals surface area contributed by atoms with E-state index in [9.17, 15) is 12.8 Å². The van der Waals surface area contributed by atoms with Gasteiger partial charge in [-0.15, -0.1) is 0 Å². The van der Waals surface area contributed by atoms with Crippen molar-refractivity contribution in [2.24, 2.45) is 0 Å². The van der Waals surface area contributed by atoms with Crippen LogP contribution in [-0.4, -0.2) is 13.4 Å². The number of nitrogen functional groups attached to an aromatic ring is 1. The zero-order chi connectivity index (χ0) is 14.0. The van der Waals surface area contributed by atoms with Crippen LogP contribution in [0.1, 0.15) is 5.56 Å². The van der Waals surface area contributed by atoms with E-state index in [2.05, 4.69) is 4.98 Å². The second-order valence-electron chi connectivity index (χ2n) is 3.91. The second kappa shape index (κ2) is 5.14. The predicted octanol–water partition coefficient (Wildman–Crippen LogP) is 2.43. The Morgan fingerprint density at radius 2 is 2.05 bits per heavy atom. The lowest BCUT2D eigenvalue weighted by atomic mass is 10.2. The number of benzene rings is 1. The third-order valence-corrected chi connectivity index (χ3v) is 4.39. The van der Waals surface area contributed by atoms with Crippen molar-refractivity contribution in [1.82, 2.24) is 4.98 Å². The van der Waals surface area contributed by atoms with Crippen molar-refractivity contribution in [2.45, 2.75) is 10.8 Å². The molecule has 100 valence electrons. The molecule has 0 aliphatic heterocycles. The lowest BCUT2D eigenvalue weighted by Gasteiger charge is -2.06. The molecule has 0 fully saturated rings. The van der Waals surface area contributed by atoms with Gasteiger partial charge in [-0.05, 0) is 29.8 Å². The predicted molar refractivity (Wildman–Crippen MR) is 70.9 cm³/mol. The summed E-state index contributed by atoms with van der Waals surface area (Å²) in [6, 6.07) is 6.82. The molecule has 0 atom stereocenters. The molecule has 7 heteroatoms. The molecule has 2 aromatic rings. The van der Waals surface area contributed by atoms with Gasteiger partial charge in [0.05, 0.1) is 16.5 Å². The number of aromatic nitrogens is 1. The molecule has 2 N–H and O–H groups in total. The largest absolute Gasteiger partial charge is 0.396 e. The molecule has 1 aromatic carbocycles. The van der Waals surface area contributed by atoms with Crippen LogP contribution in [0.2, 0.25) is 5.02 Å². The fraction of sp³-hybridized carbons (Fsp3) is 0.0833. The maximum atomic E-state index is 13.3. The maximum absolute atomic E-state index is 13.3. The zero-order valence-corrected chi connectivity index (χ0v) is 11.2. The van der Waals surface area contributed by atoms with E-state index >= 15 is 0 Å². The summed E-state index contributed by atoms with van der Waals surface area (Å²) in [5.41, 5.74) is 5.93. The first-order chi connectivity index (χ1) is 8.90. The van der Waals surface area contributed by atoms with E-state index < -0.39 is 15.7 Å². The summed E-state index contributed by atoms with van der Waals surface area (Å²) in [5.74, 6) is -1.05. The van der Waals surface area contributed by atoms with E-state index in [0.29, 0.717) is 0 Å². The molecule has 0 amide bonds. The molecule has 0 saturated heterocycles. The Morgan fingerprint density at radius 3 is 2.68 bits per heavy atom. The van der Waals surface area contributed by atoms with Gasteiger partial charge in [0, 0.05) is 6.20 Å². The van der Waals surface area contributed by atoms with E-state index in [4.69, 9.17) is 17.3 Å². The molecule has 4 nitrogen and oxygen atoms in total. The van der Waals surface area contributed by atoms with Crippen LogP contribution in [0.3, 0.4) is 0 Å². The van der Waals surface area contributed by atoms with Crippen LogP contribution in [0.25, 0.3) is 0 Å². The zero-order valence-electron chi connectivity index (χ0n) is 9.68. The minimum absolute atomic E-state index is 0.0569. The van der Waals surface area contributed by atoms with Crippen LogP contribution in [0.15, 0.2) is 41.6 Å². The summed E-state index contributed by atoms with van der Waals surface area (Å²) >= 11 is 5.54. The number of nitrogens with zero attached hydrogens (tertiary/aromatic N) is 1. The average molecular weight is 301 g/mol. The number of anilines is 1. The number of sulfone groups is 1. The number of hydrogen-bond acceptors (Lipinski definition) is 4. The van der Waals surface area contributed by atoms with E-state index in [1.807, 2.05) is 0 Å². The highest BCUT2D eigenvalue weighted by Gasteiger charge is 2.20. The van der Waals surface area contributed by atoms with Crippen molar-refractivity contribution in [3.8, 4) is 0 Å². The van der Waals surface area contributed by atoms with E-state index in [0.717, 1.165) is 6.07 Å². The van der Waals surface area contributed by atoms with Crippen molar-refractivity contribution in [3.63, 3.8) is 0 Å². The number of rotatable bonds is 3. The van der Waals surface area contributed by atoms with Crippen LogP contribution in [-0.2, 0) is 15.6 Å². The van der Waals surface area contributed by atoms with Crippen LogP contribution in [0.4, 0.5) is 10.1 Å². The first-order valence-electron chi connectivity index (χ1n) is 5.27. The summed E-state index contributed by atoms with van der Waals surface area (Å²) < 4.78 is 37.5. The van der Waals surface area contributed by atoms with Gasteiger partial charge in [0.15, 0.2) is 5.03 Å². The molecule has 0 bridgehead atoms. The molecule has 1 heterocycles. The lowest BCUT2D eigenvalue weighted by molar-refractivity contribution is 0.591. The average Bonchev–Trinajstić information content (AvgIpc) is 2.34. The third kappa shape index (κ3) is 3.02. The second-order valence-corrected chi connectivity index (χ2v) is 6.22. The van der Waals surface area contributed by atoms with Crippen molar-refractivity contribution in [1.29, 1.82) is 0 Å². The van der Waals surface area contributed by atoms with Crippen LogP contribution in [0.5, 0.6) is 0 Å². The fourth-order valence-electron chi connectivity index (χ4n) is 1.58. The summed E-state index contributed by atoms with van der Waals surface area (Å²) in [4.78, 5) is 3.75. The minimum Gasteiger partial charge on any atom is -0.396 e. The van der Waals surface area contributed by atoms with Crippen LogP contribution >= 0.6 is 11.6 Å². The molecule has 0 spiro atoms. The standard InChI is InChI=1S/C12H10ClFN2O2S/c13-9-4-3-8(6-10(9)14)7-19(17,18)12-11(15)2-1-5-16-12/h1-6H,7,15H2. The Morgan fingerprint density at radius 1 is 1.32 bits per heavy atom. The molecule has 0 saturated carbocycles. The van der Waals surface area contributed by atoms with Gasteiger partial charge in [-0.2, -0.15) is 0 Å². The summed E-state index contributed by atoms with van der Waals surface area (Å²) in [5, 5.41) is -0.260. The fourth-order valence-corrected chi connectivity index (χ4v) is 3.10. The Labute approximate surface area is 115 Å². The van der Waals surface area contributed by atoms with Gasteiger partial charge >= 0.3 is 0 Å². The Bertz CT molecular complexity index is 719. The summed E-state index contributed by atoms with van der Waals surface area (Å²) in [6.45, 7) is 0. The summed E-state index contributed by atoms with van der Waals surface area (Å²) in [7, 11) is -3.72. The number of nitrogens with two attached hydrogens (primary N) is 1. The number of halogens is 2. The summed E-state index contributed by atoms with van der Waals surface area (Å²) in [6.07, 6.45) is 1.34. The van der Waals surface area contributed by atoms with E-state index in [-0.39, 0.29) is 27.1 Å². The maximum Gasteiger partial charge on any atom is 0.201 e. The van der Waals surface area contributed by atoms with Crippen molar-refractivity contribution < 1.29 is 12.8 Å². The first kappa shape index (κ1) is 13.8. The number of pyridine rings is 1. The SMILES string of the molecule is Nc1cccnc1S(=O)(=O)Cc1ccc(Cl)c(F)c1. The highest BCUT2D eigenvalue weighted by molar-refractivity contribution is 7.90. The monoisotopic (exact) mass is 300 g/mol. The van der Waals surface area contributed by atoms with Gasteiger partial charge in [0.2, 0.25) is 9.84 Å². The molecular weight excluding hydrogens is 291 g/mol. The molecule has 19 heavy (non-hydrogen) atoms. The van der Waals surface area contributed by atoms with Crippen LogP contribution < -0.4 is 5.73 Å². The van der Waals surface area contributed by atoms with E-state index in [1.54, 1.807) is 0 Å². The van der Waals surface area contributed by atoms with Crippen LogP contribution in [0, 0.1) is 5.82 Å². The number of hydrogen-bond donors (Lipinski definition) is 1. The molecular formula is C12H10ClFN2O2S. The van der Waals surface area contributed by atoms with Gasteiger partial charge < -0.3 is 5.73 Å². The molecule has 0 aliphatic rings. The van der Waals surface area contributed by atoms with Crippen molar-refractivity contribution >= 4 is 27.1 Å². The van der Waals surface area contributed by atoms with Crippen molar-refractivity contribution in [2.75, 3.05) is 5.73 Å². The quantitative estimate of drug-likeness (QED) is 0.945. The van der Waals surface area contributed by atoms with Gasteiger partial charge in [0.1, 0.15) is 5.82 Å². The molecule has 2 rings (SSSR count). The lowest BCUT2D eigenvalue weighted by Crippen LogP contribution is -2.10. The minimum atomic E-state index is -3.72. The Hall–Kier alpha value is -1.66. The smallest absolute Gasteiger partial charge is 0.201 e. The molecule has 0 unspecified atom stereocenters. The Balaban J connectivity index is 2.37. The molecule has 1 aromatic heterocycles. The van der Waals surface area contributed by atoms with Gasteiger partial charge in [-0.1, -0.05) is 17.7 Å². The highest BCUT2D eigenvalue weighted by atomic mass is 35.5. The third-order valence-electron chi connectivity index (χ3n) is 2.44. The van der Waals surface area contributed by atoms with Gasteiger partial charge in [0.25, 0.3) is 0 Å². The van der Waals surface area contributed by atoms with Gasteiger partial charge in [-0.3, -0.25) is 0 Å². The normalized spacial score (nSPS) is 11.5. The highest BCUT2D eigenvalue weighted by Crippen LogP contribution is 2.22.